The van der Waals surface area contributed by atoms with E-state index in [1.165, 1.54) is 11.1 Å². The Labute approximate surface area is 230 Å². The third kappa shape index (κ3) is 6.79. The second-order valence-corrected chi connectivity index (χ2v) is 12.2. The van der Waals surface area contributed by atoms with Crippen LogP contribution < -0.4 is 0 Å². The molecule has 0 spiro atoms. The number of benzene rings is 2. The highest BCUT2D eigenvalue weighted by atomic mass is 16.5. The third-order valence-corrected chi connectivity index (χ3v) is 8.96. The minimum absolute atomic E-state index is 0.0761. The van der Waals surface area contributed by atoms with Gasteiger partial charge in [-0.25, -0.2) is 0 Å². The van der Waals surface area contributed by atoms with E-state index in [0.29, 0.717) is 24.0 Å². The van der Waals surface area contributed by atoms with Crippen LogP contribution in [0.4, 0.5) is 0 Å². The van der Waals surface area contributed by atoms with Crippen LogP contribution in [0, 0.1) is 11.8 Å². The Kier molecular flexibility index (Phi) is 9.89. The molecule has 0 aromatic heterocycles. The fraction of sp³-hybridized carbons (Fsp3) is 0.606. The van der Waals surface area contributed by atoms with Gasteiger partial charge in [0.25, 0.3) is 0 Å². The Balaban J connectivity index is 1.50. The Morgan fingerprint density at radius 2 is 1.92 bits per heavy atom. The number of aromatic hydroxyl groups is 1. The van der Waals surface area contributed by atoms with E-state index in [1.807, 2.05) is 19.2 Å². The number of unbranched alkanes of at least 4 members (excludes halogenated alkanes) is 2. The largest absolute Gasteiger partial charge is 0.508 e. The van der Waals surface area contributed by atoms with Gasteiger partial charge in [0.2, 0.25) is 5.91 Å². The summed E-state index contributed by atoms with van der Waals surface area (Å²) in [6.07, 6.45) is 7.71. The van der Waals surface area contributed by atoms with E-state index in [-0.39, 0.29) is 23.5 Å². The van der Waals surface area contributed by atoms with Gasteiger partial charge in [0.05, 0.1) is 6.10 Å². The first-order valence-corrected chi connectivity index (χ1v) is 14.7. The number of phenols is 1. The number of amides is 1. The van der Waals surface area contributed by atoms with E-state index < -0.39 is 0 Å². The number of aryl methyl sites for hydroxylation is 1. The van der Waals surface area contributed by atoms with Gasteiger partial charge in [0.1, 0.15) is 5.75 Å². The molecular weight excluding hydrogens is 472 g/mol. The highest BCUT2D eigenvalue weighted by Crippen LogP contribution is 2.51. The number of likely N-dealkylation sites (tertiary alicyclic amines) is 1. The number of hydrogen-bond acceptors (Lipinski definition) is 4. The van der Waals surface area contributed by atoms with Crippen molar-refractivity contribution in [3.05, 3.63) is 65.7 Å². The molecule has 2 aliphatic rings. The predicted molar refractivity (Wildman–Crippen MR) is 154 cm³/mol. The van der Waals surface area contributed by atoms with Gasteiger partial charge in [-0.3, -0.25) is 4.79 Å². The van der Waals surface area contributed by atoms with Crippen LogP contribution in [0.5, 0.6) is 5.75 Å². The van der Waals surface area contributed by atoms with E-state index in [4.69, 9.17) is 4.74 Å². The van der Waals surface area contributed by atoms with Crippen molar-refractivity contribution in [2.24, 2.45) is 11.8 Å². The van der Waals surface area contributed by atoms with Crippen molar-refractivity contribution >= 4 is 5.91 Å². The van der Waals surface area contributed by atoms with E-state index in [0.717, 1.165) is 64.6 Å². The van der Waals surface area contributed by atoms with Crippen LogP contribution in [0.3, 0.4) is 0 Å². The zero-order valence-corrected chi connectivity index (χ0v) is 23.9. The number of methoxy groups -OCH3 is 1. The maximum atomic E-state index is 13.8. The highest BCUT2D eigenvalue weighted by Gasteiger charge is 2.53. The van der Waals surface area contributed by atoms with E-state index in [9.17, 15) is 9.90 Å². The number of hydrogen-bond donors (Lipinski definition) is 1. The van der Waals surface area contributed by atoms with Crippen molar-refractivity contribution < 1.29 is 14.6 Å². The SMILES string of the molecule is COC1C[C@H](N(CC(C)C)C(=O)CCCCCc2ccccc2)C[C@]2(c3cccc(O)c3)CCN(C)C[C@@H]12. The number of nitrogens with zero attached hydrogens (tertiary/aromatic N) is 2. The summed E-state index contributed by atoms with van der Waals surface area (Å²) in [6.45, 7) is 7.18. The van der Waals surface area contributed by atoms with Crippen LogP contribution in [0.1, 0.15) is 69.9 Å². The first-order valence-electron chi connectivity index (χ1n) is 14.7. The first-order chi connectivity index (χ1) is 18.3. The topological polar surface area (TPSA) is 53.0 Å². The quantitative estimate of drug-likeness (QED) is 0.367. The minimum Gasteiger partial charge on any atom is -0.508 e. The second kappa shape index (κ2) is 13.1. The number of ether oxygens (including phenoxy) is 1. The zero-order chi connectivity index (χ0) is 27.1. The zero-order valence-electron chi connectivity index (χ0n) is 23.9. The molecule has 2 fully saturated rings. The number of piperidine rings is 1. The van der Waals surface area contributed by atoms with Gasteiger partial charge < -0.3 is 19.6 Å². The predicted octanol–water partition coefficient (Wildman–Crippen LogP) is 6.05. The van der Waals surface area contributed by atoms with Crippen LogP contribution in [-0.2, 0) is 21.4 Å². The molecular formula is C33H48N2O3. The summed E-state index contributed by atoms with van der Waals surface area (Å²) in [7, 11) is 4.02. The standard InChI is InChI=1S/C33H48N2O3/c1-25(2)23-35(32(37)17-10-6-9-14-26-12-7-5-8-13-26)28-21-31(38-4)30-24-34(3)19-18-33(30,22-28)27-15-11-16-29(36)20-27/h5,7-8,11-13,15-16,20,25,28,30-31,36H,6,9-10,14,17-19,21-24H2,1-4H3/t28-,30-,31?,33-/m0/s1. The molecule has 1 saturated carbocycles. The summed E-state index contributed by atoms with van der Waals surface area (Å²) in [6, 6.07) is 18.6. The maximum Gasteiger partial charge on any atom is 0.222 e. The van der Waals surface area contributed by atoms with Gasteiger partial charge in [-0.1, -0.05) is 62.7 Å². The summed E-state index contributed by atoms with van der Waals surface area (Å²) < 4.78 is 6.18. The van der Waals surface area contributed by atoms with Gasteiger partial charge in [0.15, 0.2) is 0 Å². The van der Waals surface area contributed by atoms with Gasteiger partial charge in [-0.05, 0) is 81.3 Å². The number of rotatable bonds is 11. The summed E-state index contributed by atoms with van der Waals surface area (Å²) in [4.78, 5) is 18.4. The molecule has 1 aliphatic heterocycles. The lowest BCUT2D eigenvalue weighted by Gasteiger charge is -2.56. The lowest BCUT2D eigenvalue weighted by atomic mass is 9.56. The molecule has 2 aromatic carbocycles. The molecule has 5 nitrogen and oxygen atoms in total. The second-order valence-electron chi connectivity index (χ2n) is 12.2. The maximum absolute atomic E-state index is 13.8. The van der Waals surface area contributed by atoms with Crippen molar-refractivity contribution in [2.45, 2.75) is 82.8 Å². The van der Waals surface area contributed by atoms with Crippen LogP contribution in [-0.4, -0.2) is 66.8 Å². The summed E-state index contributed by atoms with van der Waals surface area (Å²) >= 11 is 0. The molecule has 0 bridgehead atoms. The molecule has 1 aliphatic carbocycles. The van der Waals surface area contributed by atoms with E-state index in [1.54, 1.807) is 6.07 Å². The van der Waals surface area contributed by atoms with Crippen molar-refractivity contribution in [3.63, 3.8) is 0 Å². The van der Waals surface area contributed by atoms with Crippen molar-refractivity contribution in [1.29, 1.82) is 0 Å². The van der Waals surface area contributed by atoms with Gasteiger partial charge in [-0.15, -0.1) is 0 Å². The summed E-state index contributed by atoms with van der Waals surface area (Å²) in [5.41, 5.74) is 2.46. The highest BCUT2D eigenvalue weighted by molar-refractivity contribution is 5.76. The molecule has 2 aromatic rings. The lowest BCUT2D eigenvalue weighted by molar-refractivity contribution is -0.140. The molecule has 4 atom stereocenters. The van der Waals surface area contributed by atoms with Crippen molar-refractivity contribution in [2.75, 3.05) is 33.8 Å². The molecule has 208 valence electrons. The van der Waals surface area contributed by atoms with Crippen LogP contribution in [0.15, 0.2) is 54.6 Å². The van der Waals surface area contributed by atoms with Gasteiger partial charge >= 0.3 is 0 Å². The number of carbonyl (C=O) groups excluding carboxylic acids is 1. The first kappa shape index (κ1) is 28.6. The van der Waals surface area contributed by atoms with Gasteiger partial charge in [0, 0.05) is 44.0 Å². The van der Waals surface area contributed by atoms with Crippen molar-refractivity contribution in [1.82, 2.24) is 9.80 Å². The van der Waals surface area contributed by atoms with Crippen LogP contribution in [0.2, 0.25) is 0 Å². The van der Waals surface area contributed by atoms with Crippen LogP contribution in [0.25, 0.3) is 0 Å². The average molecular weight is 521 g/mol. The Hall–Kier alpha value is -2.37. The Morgan fingerprint density at radius 3 is 2.63 bits per heavy atom. The Morgan fingerprint density at radius 1 is 1.13 bits per heavy atom. The van der Waals surface area contributed by atoms with E-state index >= 15 is 0 Å². The molecule has 1 amide bonds. The summed E-state index contributed by atoms with van der Waals surface area (Å²) in [5.74, 6) is 1.34. The summed E-state index contributed by atoms with van der Waals surface area (Å²) in [5, 5.41) is 10.4. The third-order valence-electron chi connectivity index (χ3n) is 8.96. The fourth-order valence-corrected chi connectivity index (χ4v) is 7.05. The molecule has 1 heterocycles. The monoisotopic (exact) mass is 520 g/mol. The number of fused-ring (bicyclic) bond motifs is 1. The number of carbonyl (C=O) groups is 1. The smallest absolute Gasteiger partial charge is 0.222 e. The molecule has 0 radical (unpaired) electrons. The Bertz CT molecular complexity index is 1030. The molecule has 38 heavy (non-hydrogen) atoms. The fourth-order valence-electron chi connectivity index (χ4n) is 7.05. The number of phenolic OH excluding ortho intramolecular Hbond substituents is 1. The van der Waals surface area contributed by atoms with Crippen molar-refractivity contribution in [3.8, 4) is 5.75 Å². The molecule has 1 N–H and O–H groups in total. The lowest BCUT2D eigenvalue weighted by Crippen LogP contribution is -2.61. The molecule has 1 saturated heterocycles. The average Bonchev–Trinajstić information content (AvgIpc) is 2.91. The van der Waals surface area contributed by atoms with Crippen LogP contribution >= 0.6 is 0 Å². The normalized spacial score (nSPS) is 25.8. The molecule has 5 heteroatoms. The van der Waals surface area contributed by atoms with Gasteiger partial charge in [-0.2, -0.15) is 0 Å². The van der Waals surface area contributed by atoms with E-state index in [2.05, 4.69) is 67.1 Å². The molecule has 1 unspecified atom stereocenters. The molecule has 4 rings (SSSR count). The minimum atomic E-state index is -0.111.